The fraction of sp³-hybridized carbons (Fsp3) is 0.0588. The Labute approximate surface area is 128 Å². The Bertz CT molecular complexity index is 825. The van der Waals surface area contributed by atoms with Crippen molar-refractivity contribution in [2.75, 3.05) is 0 Å². The number of nitrogens with two attached hydrogens (primary N) is 1. The first-order chi connectivity index (χ1) is 10.2. The Morgan fingerprint density at radius 2 is 1.86 bits per heavy atom. The molecule has 0 aliphatic heterocycles. The number of fused-ring (bicyclic) bond motifs is 1. The molecule has 3 rings (SSSR count). The zero-order valence-electron chi connectivity index (χ0n) is 11.5. The van der Waals surface area contributed by atoms with Gasteiger partial charge >= 0.3 is 0 Å². The molecule has 0 saturated heterocycles. The molecule has 0 fully saturated rings. The predicted molar refractivity (Wildman–Crippen MR) is 88.9 cm³/mol. The first-order valence-electron chi connectivity index (χ1n) is 6.58. The standard InChI is InChI=1S/C17H14N2OS/c1-11-5-2-8-13(17(18)21)16(11)20-14-9-3-6-12-7-4-10-19-15(12)14/h2-10H,1H3,(H2,18,21). The number of pyridine rings is 1. The SMILES string of the molecule is Cc1cccc(C(N)=S)c1Oc1cccc2cccnc12. The van der Waals surface area contributed by atoms with E-state index in [4.69, 9.17) is 22.7 Å². The van der Waals surface area contributed by atoms with Gasteiger partial charge in [-0.1, -0.05) is 42.5 Å². The molecule has 0 atom stereocenters. The molecule has 104 valence electrons. The summed E-state index contributed by atoms with van der Waals surface area (Å²) in [4.78, 5) is 4.71. The van der Waals surface area contributed by atoms with E-state index in [1.807, 2.05) is 55.5 Å². The monoisotopic (exact) mass is 294 g/mol. The van der Waals surface area contributed by atoms with Gasteiger partial charge in [0.25, 0.3) is 0 Å². The van der Waals surface area contributed by atoms with Gasteiger partial charge in [-0.3, -0.25) is 4.98 Å². The third-order valence-corrected chi connectivity index (χ3v) is 3.50. The summed E-state index contributed by atoms with van der Waals surface area (Å²) in [7, 11) is 0. The number of hydrogen-bond acceptors (Lipinski definition) is 3. The van der Waals surface area contributed by atoms with Crippen LogP contribution in [-0.4, -0.2) is 9.97 Å². The number of nitrogens with zero attached hydrogens (tertiary/aromatic N) is 1. The van der Waals surface area contributed by atoms with E-state index in [-0.39, 0.29) is 0 Å². The van der Waals surface area contributed by atoms with Gasteiger partial charge in [-0.25, -0.2) is 0 Å². The van der Waals surface area contributed by atoms with Crippen molar-refractivity contribution in [3.63, 3.8) is 0 Å². The first kappa shape index (κ1) is 13.5. The van der Waals surface area contributed by atoms with Gasteiger partial charge in [0.05, 0.1) is 5.56 Å². The quantitative estimate of drug-likeness (QED) is 0.743. The van der Waals surface area contributed by atoms with Gasteiger partial charge < -0.3 is 10.5 Å². The smallest absolute Gasteiger partial charge is 0.153 e. The molecule has 0 amide bonds. The van der Waals surface area contributed by atoms with Crippen LogP contribution in [0.5, 0.6) is 11.5 Å². The summed E-state index contributed by atoms with van der Waals surface area (Å²) in [6.45, 7) is 1.97. The van der Waals surface area contributed by atoms with E-state index in [0.29, 0.717) is 16.5 Å². The fourth-order valence-electron chi connectivity index (χ4n) is 2.25. The highest BCUT2D eigenvalue weighted by Gasteiger charge is 2.12. The molecule has 1 heterocycles. The Morgan fingerprint density at radius 1 is 1.10 bits per heavy atom. The lowest BCUT2D eigenvalue weighted by atomic mass is 10.1. The molecule has 4 heteroatoms. The predicted octanol–water partition coefficient (Wildman–Crippen LogP) is 3.97. The van der Waals surface area contributed by atoms with E-state index in [2.05, 4.69) is 4.98 Å². The van der Waals surface area contributed by atoms with Crippen LogP contribution < -0.4 is 10.5 Å². The third kappa shape index (κ3) is 2.58. The van der Waals surface area contributed by atoms with Crippen LogP contribution in [0.2, 0.25) is 0 Å². The Kier molecular flexibility index (Phi) is 3.54. The van der Waals surface area contributed by atoms with Gasteiger partial charge in [-0.05, 0) is 30.7 Å². The highest BCUT2D eigenvalue weighted by atomic mass is 32.1. The van der Waals surface area contributed by atoms with E-state index in [1.54, 1.807) is 6.20 Å². The molecule has 2 aromatic carbocycles. The molecule has 3 aromatic rings. The minimum atomic E-state index is 0.321. The minimum absolute atomic E-state index is 0.321. The van der Waals surface area contributed by atoms with Gasteiger partial charge in [0, 0.05) is 11.6 Å². The van der Waals surface area contributed by atoms with Crippen LogP contribution in [0.3, 0.4) is 0 Å². The van der Waals surface area contributed by atoms with Crippen molar-refractivity contribution in [3.05, 3.63) is 65.9 Å². The average Bonchev–Trinajstić information content (AvgIpc) is 2.49. The summed E-state index contributed by atoms with van der Waals surface area (Å²) in [5, 5.41) is 1.03. The molecule has 0 unspecified atom stereocenters. The van der Waals surface area contributed by atoms with Crippen molar-refractivity contribution in [2.45, 2.75) is 6.92 Å². The second kappa shape index (κ2) is 5.50. The number of rotatable bonds is 3. The topological polar surface area (TPSA) is 48.1 Å². The summed E-state index contributed by atoms with van der Waals surface area (Å²) >= 11 is 5.10. The highest BCUT2D eigenvalue weighted by molar-refractivity contribution is 7.80. The van der Waals surface area contributed by atoms with E-state index >= 15 is 0 Å². The number of para-hydroxylation sites is 2. The summed E-state index contributed by atoms with van der Waals surface area (Å²) in [5.41, 5.74) is 8.32. The van der Waals surface area contributed by atoms with Crippen molar-refractivity contribution < 1.29 is 4.74 Å². The van der Waals surface area contributed by atoms with Gasteiger partial charge in [-0.15, -0.1) is 0 Å². The first-order valence-corrected chi connectivity index (χ1v) is 6.98. The fourth-order valence-corrected chi connectivity index (χ4v) is 2.41. The van der Waals surface area contributed by atoms with Crippen LogP contribution in [0.25, 0.3) is 10.9 Å². The normalized spacial score (nSPS) is 10.5. The van der Waals surface area contributed by atoms with Crippen molar-refractivity contribution >= 4 is 28.1 Å². The maximum Gasteiger partial charge on any atom is 0.153 e. The zero-order valence-corrected chi connectivity index (χ0v) is 12.4. The molecule has 0 spiro atoms. The molecule has 0 radical (unpaired) electrons. The van der Waals surface area contributed by atoms with Gasteiger partial charge in [0.15, 0.2) is 5.75 Å². The van der Waals surface area contributed by atoms with E-state index in [0.717, 1.165) is 22.0 Å². The van der Waals surface area contributed by atoms with Crippen LogP contribution >= 0.6 is 12.2 Å². The number of ether oxygens (including phenoxy) is 1. The second-order valence-electron chi connectivity index (χ2n) is 4.75. The summed E-state index contributed by atoms with van der Waals surface area (Å²) in [6.07, 6.45) is 1.75. The van der Waals surface area contributed by atoms with Crippen LogP contribution in [0.15, 0.2) is 54.7 Å². The van der Waals surface area contributed by atoms with Gasteiger partial charge in [0.2, 0.25) is 0 Å². The molecular formula is C17H14N2OS. The zero-order chi connectivity index (χ0) is 14.8. The Hall–Kier alpha value is -2.46. The number of benzene rings is 2. The molecule has 0 aliphatic carbocycles. The van der Waals surface area contributed by atoms with Crippen LogP contribution in [0.4, 0.5) is 0 Å². The Morgan fingerprint density at radius 3 is 2.67 bits per heavy atom. The molecule has 2 N–H and O–H groups in total. The highest BCUT2D eigenvalue weighted by Crippen LogP contribution is 2.32. The van der Waals surface area contributed by atoms with Crippen LogP contribution in [0.1, 0.15) is 11.1 Å². The number of aromatic nitrogens is 1. The average molecular weight is 294 g/mol. The van der Waals surface area contributed by atoms with Gasteiger partial charge in [-0.2, -0.15) is 0 Å². The molecular weight excluding hydrogens is 280 g/mol. The van der Waals surface area contributed by atoms with Crippen LogP contribution in [-0.2, 0) is 0 Å². The maximum atomic E-state index is 6.08. The molecule has 0 bridgehead atoms. The van der Waals surface area contributed by atoms with E-state index in [9.17, 15) is 0 Å². The number of aryl methyl sites for hydroxylation is 1. The third-order valence-electron chi connectivity index (χ3n) is 3.29. The number of hydrogen-bond donors (Lipinski definition) is 1. The molecule has 1 aromatic heterocycles. The summed E-state index contributed by atoms with van der Waals surface area (Å²) in [5.74, 6) is 1.38. The Balaban J connectivity index is 2.13. The van der Waals surface area contributed by atoms with E-state index in [1.165, 1.54) is 0 Å². The largest absolute Gasteiger partial charge is 0.454 e. The second-order valence-corrected chi connectivity index (χ2v) is 5.19. The molecule has 3 nitrogen and oxygen atoms in total. The van der Waals surface area contributed by atoms with Crippen molar-refractivity contribution in [1.29, 1.82) is 0 Å². The lowest BCUT2D eigenvalue weighted by Gasteiger charge is -2.14. The van der Waals surface area contributed by atoms with Crippen LogP contribution in [0, 0.1) is 6.92 Å². The molecule has 21 heavy (non-hydrogen) atoms. The minimum Gasteiger partial charge on any atom is -0.454 e. The lowest BCUT2D eigenvalue weighted by Crippen LogP contribution is -2.11. The van der Waals surface area contributed by atoms with Crippen molar-refractivity contribution in [2.24, 2.45) is 5.73 Å². The summed E-state index contributed by atoms with van der Waals surface area (Å²) in [6, 6.07) is 15.5. The lowest BCUT2D eigenvalue weighted by molar-refractivity contribution is 0.482. The van der Waals surface area contributed by atoms with Crippen molar-refractivity contribution in [3.8, 4) is 11.5 Å². The number of thiocarbonyl (C=S) groups is 1. The molecule has 0 aliphatic rings. The van der Waals surface area contributed by atoms with E-state index < -0.39 is 0 Å². The summed E-state index contributed by atoms with van der Waals surface area (Å²) < 4.78 is 6.08. The molecule has 0 saturated carbocycles. The van der Waals surface area contributed by atoms with Gasteiger partial charge in [0.1, 0.15) is 16.3 Å². The van der Waals surface area contributed by atoms with Crippen molar-refractivity contribution in [1.82, 2.24) is 4.98 Å². The maximum absolute atomic E-state index is 6.08.